The van der Waals surface area contributed by atoms with E-state index in [2.05, 4.69) is 50.2 Å². The number of methoxy groups -OCH3 is 1. The van der Waals surface area contributed by atoms with E-state index in [1.807, 2.05) is 6.07 Å². The van der Waals surface area contributed by atoms with Crippen molar-refractivity contribution >= 4 is 0 Å². The van der Waals surface area contributed by atoms with Crippen molar-refractivity contribution in [2.45, 2.75) is 33.4 Å². The summed E-state index contributed by atoms with van der Waals surface area (Å²) >= 11 is 0. The van der Waals surface area contributed by atoms with Crippen LogP contribution in [0.1, 0.15) is 25.0 Å². The number of hydrogen-bond donors (Lipinski definition) is 1. The lowest BCUT2D eigenvalue weighted by Gasteiger charge is -2.21. The molecule has 0 radical (unpaired) electrons. The minimum Gasteiger partial charge on any atom is -0.496 e. The van der Waals surface area contributed by atoms with E-state index < -0.39 is 0 Å². The van der Waals surface area contributed by atoms with Crippen molar-refractivity contribution in [2.75, 3.05) is 27.2 Å². The van der Waals surface area contributed by atoms with Crippen molar-refractivity contribution < 1.29 is 4.74 Å². The standard InChI is InChI=1S/C15H26N2O/c1-6-17(4)11-13(3)16-10-14-9-12(2)7-8-15(14)18-5/h7-9,13,16H,6,10-11H2,1-5H3. The van der Waals surface area contributed by atoms with Crippen LogP contribution in [0, 0.1) is 6.92 Å². The molecule has 1 atom stereocenters. The number of likely N-dealkylation sites (N-methyl/N-ethyl adjacent to an activating group) is 1. The van der Waals surface area contributed by atoms with E-state index >= 15 is 0 Å². The first-order valence-electron chi connectivity index (χ1n) is 6.62. The number of benzene rings is 1. The number of ether oxygens (including phenoxy) is 1. The zero-order chi connectivity index (χ0) is 13.5. The lowest BCUT2D eigenvalue weighted by atomic mass is 10.1. The maximum absolute atomic E-state index is 5.38. The maximum atomic E-state index is 5.38. The molecular formula is C15H26N2O. The van der Waals surface area contributed by atoms with E-state index in [1.54, 1.807) is 7.11 Å². The number of nitrogens with one attached hydrogen (secondary N) is 1. The quantitative estimate of drug-likeness (QED) is 0.804. The fourth-order valence-electron chi connectivity index (χ4n) is 1.99. The van der Waals surface area contributed by atoms with Gasteiger partial charge in [0.15, 0.2) is 0 Å². The Morgan fingerprint density at radius 2 is 2.11 bits per heavy atom. The summed E-state index contributed by atoms with van der Waals surface area (Å²) in [5.74, 6) is 0.962. The van der Waals surface area contributed by atoms with Gasteiger partial charge in [-0.05, 0) is 33.5 Å². The Hall–Kier alpha value is -1.06. The normalized spacial score (nSPS) is 12.8. The average molecular weight is 250 g/mol. The predicted molar refractivity (Wildman–Crippen MR) is 77.2 cm³/mol. The molecule has 0 fully saturated rings. The predicted octanol–water partition coefficient (Wildman–Crippen LogP) is 2.43. The SMILES string of the molecule is CCN(C)CC(C)NCc1cc(C)ccc1OC. The minimum atomic E-state index is 0.472. The molecular weight excluding hydrogens is 224 g/mol. The monoisotopic (exact) mass is 250 g/mol. The fourth-order valence-corrected chi connectivity index (χ4v) is 1.99. The van der Waals surface area contributed by atoms with Gasteiger partial charge in [-0.15, -0.1) is 0 Å². The maximum Gasteiger partial charge on any atom is 0.123 e. The van der Waals surface area contributed by atoms with Crippen molar-refractivity contribution in [1.82, 2.24) is 10.2 Å². The Kier molecular flexibility index (Phi) is 6.16. The van der Waals surface area contributed by atoms with Gasteiger partial charge >= 0.3 is 0 Å². The number of aryl methyl sites for hydroxylation is 1. The second kappa shape index (κ2) is 7.39. The Balaban J connectivity index is 2.54. The molecule has 3 heteroatoms. The zero-order valence-electron chi connectivity index (χ0n) is 12.3. The molecule has 1 aromatic carbocycles. The van der Waals surface area contributed by atoms with Crippen molar-refractivity contribution in [3.05, 3.63) is 29.3 Å². The van der Waals surface area contributed by atoms with Crippen LogP contribution in [0.3, 0.4) is 0 Å². The first-order chi connectivity index (χ1) is 8.56. The third-order valence-electron chi connectivity index (χ3n) is 3.20. The van der Waals surface area contributed by atoms with Gasteiger partial charge in [0.2, 0.25) is 0 Å². The largest absolute Gasteiger partial charge is 0.496 e. The summed E-state index contributed by atoms with van der Waals surface area (Å²) < 4.78 is 5.38. The molecule has 0 aromatic heterocycles. The molecule has 1 unspecified atom stereocenters. The van der Waals surface area contributed by atoms with Gasteiger partial charge in [-0.25, -0.2) is 0 Å². The van der Waals surface area contributed by atoms with E-state index in [-0.39, 0.29) is 0 Å². The molecule has 0 aliphatic rings. The van der Waals surface area contributed by atoms with Crippen LogP contribution in [0.4, 0.5) is 0 Å². The summed E-state index contributed by atoms with van der Waals surface area (Å²) in [4.78, 5) is 2.31. The molecule has 0 saturated heterocycles. The van der Waals surface area contributed by atoms with Crippen molar-refractivity contribution in [2.24, 2.45) is 0 Å². The third kappa shape index (κ3) is 4.67. The van der Waals surface area contributed by atoms with E-state index in [9.17, 15) is 0 Å². The molecule has 0 aliphatic carbocycles. The van der Waals surface area contributed by atoms with Crippen molar-refractivity contribution in [1.29, 1.82) is 0 Å². The Morgan fingerprint density at radius 3 is 2.72 bits per heavy atom. The van der Waals surface area contributed by atoms with Gasteiger partial charge in [0.05, 0.1) is 7.11 Å². The van der Waals surface area contributed by atoms with E-state index in [0.717, 1.165) is 25.4 Å². The van der Waals surface area contributed by atoms with Crippen LogP contribution >= 0.6 is 0 Å². The van der Waals surface area contributed by atoms with Crippen LogP contribution in [-0.4, -0.2) is 38.2 Å². The molecule has 0 heterocycles. The molecule has 0 bridgehead atoms. The molecule has 0 amide bonds. The van der Waals surface area contributed by atoms with Gasteiger partial charge in [0.1, 0.15) is 5.75 Å². The smallest absolute Gasteiger partial charge is 0.123 e. The number of rotatable bonds is 7. The minimum absolute atomic E-state index is 0.472. The van der Waals surface area contributed by atoms with Crippen LogP contribution < -0.4 is 10.1 Å². The molecule has 0 spiro atoms. The molecule has 1 rings (SSSR count). The van der Waals surface area contributed by atoms with Crippen molar-refractivity contribution in [3.63, 3.8) is 0 Å². The highest BCUT2D eigenvalue weighted by molar-refractivity contribution is 5.36. The molecule has 1 aromatic rings. The van der Waals surface area contributed by atoms with Gasteiger partial charge in [-0.3, -0.25) is 0 Å². The summed E-state index contributed by atoms with van der Waals surface area (Å²) in [6.07, 6.45) is 0. The lowest BCUT2D eigenvalue weighted by molar-refractivity contribution is 0.308. The van der Waals surface area contributed by atoms with Gasteiger partial charge in [0.25, 0.3) is 0 Å². The fraction of sp³-hybridized carbons (Fsp3) is 0.600. The molecule has 1 N–H and O–H groups in total. The second-order valence-corrected chi connectivity index (χ2v) is 4.95. The van der Waals surface area contributed by atoms with Crippen LogP contribution in [0.2, 0.25) is 0 Å². The van der Waals surface area contributed by atoms with Crippen LogP contribution in [0.25, 0.3) is 0 Å². The Labute approximate surface area is 111 Å². The summed E-state index contributed by atoms with van der Waals surface area (Å²) in [7, 11) is 3.87. The van der Waals surface area contributed by atoms with Crippen molar-refractivity contribution in [3.8, 4) is 5.75 Å². The topological polar surface area (TPSA) is 24.5 Å². The first kappa shape index (κ1) is 15.0. The molecule has 102 valence electrons. The third-order valence-corrected chi connectivity index (χ3v) is 3.20. The summed E-state index contributed by atoms with van der Waals surface area (Å²) in [6.45, 7) is 9.50. The zero-order valence-corrected chi connectivity index (χ0v) is 12.3. The molecule has 3 nitrogen and oxygen atoms in total. The van der Waals surface area contributed by atoms with Crippen LogP contribution in [0.15, 0.2) is 18.2 Å². The summed E-state index contributed by atoms with van der Waals surface area (Å²) in [5.41, 5.74) is 2.49. The highest BCUT2D eigenvalue weighted by Crippen LogP contribution is 2.19. The summed E-state index contributed by atoms with van der Waals surface area (Å²) in [5, 5.41) is 3.54. The average Bonchev–Trinajstić information content (AvgIpc) is 2.36. The first-order valence-corrected chi connectivity index (χ1v) is 6.62. The Bertz CT molecular complexity index is 366. The lowest BCUT2D eigenvalue weighted by Crippen LogP contribution is -2.37. The van der Waals surface area contributed by atoms with Gasteiger partial charge in [-0.1, -0.05) is 24.6 Å². The van der Waals surface area contributed by atoms with Crippen LogP contribution in [-0.2, 0) is 6.54 Å². The van der Waals surface area contributed by atoms with Gasteiger partial charge in [-0.2, -0.15) is 0 Å². The number of nitrogens with zero attached hydrogens (tertiary/aromatic N) is 1. The molecule has 0 saturated carbocycles. The second-order valence-electron chi connectivity index (χ2n) is 4.95. The number of hydrogen-bond acceptors (Lipinski definition) is 3. The highest BCUT2D eigenvalue weighted by atomic mass is 16.5. The molecule has 0 aliphatic heterocycles. The van der Waals surface area contributed by atoms with E-state index in [1.165, 1.54) is 11.1 Å². The van der Waals surface area contributed by atoms with E-state index in [0.29, 0.717) is 6.04 Å². The summed E-state index contributed by atoms with van der Waals surface area (Å²) in [6, 6.07) is 6.77. The van der Waals surface area contributed by atoms with Gasteiger partial charge in [0, 0.05) is 24.7 Å². The van der Waals surface area contributed by atoms with E-state index in [4.69, 9.17) is 4.74 Å². The Morgan fingerprint density at radius 1 is 1.39 bits per heavy atom. The molecule has 18 heavy (non-hydrogen) atoms. The van der Waals surface area contributed by atoms with Gasteiger partial charge < -0.3 is 15.0 Å². The van der Waals surface area contributed by atoms with Crippen LogP contribution in [0.5, 0.6) is 5.75 Å². The highest BCUT2D eigenvalue weighted by Gasteiger charge is 2.07.